The van der Waals surface area contributed by atoms with E-state index in [1.165, 1.54) is 0 Å². The average Bonchev–Trinajstić information content (AvgIpc) is 2.35. The number of aryl methyl sites for hydroxylation is 1. The van der Waals surface area contributed by atoms with Gasteiger partial charge in [0.05, 0.1) is 11.6 Å². The summed E-state index contributed by atoms with van der Waals surface area (Å²) in [4.78, 5) is 0. The Labute approximate surface area is 115 Å². The maximum Gasteiger partial charge on any atom is 0.138 e. The summed E-state index contributed by atoms with van der Waals surface area (Å²) in [5.74, 6) is 1.61. The first-order chi connectivity index (χ1) is 8.06. The number of rotatable bonds is 6. The molecule has 0 bridgehead atoms. The van der Waals surface area contributed by atoms with Gasteiger partial charge < -0.3 is 4.74 Å². The summed E-state index contributed by atoms with van der Waals surface area (Å²) >= 11 is 10.6. The molecule has 17 heavy (non-hydrogen) atoms. The molecule has 1 aromatic carbocycles. The largest absolute Gasteiger partial charge is 0.491 e. The van der Waals surface area contributed by atoms with Gasteiger partial charge in [-0.3, -0.25) is 0 Å². The van der Waals surface area contributed by atoms with Crippen LogP contribution < -0.4 is 4.74 Å². The summed E-state index contributed by atoms with van der Waals surface area (Å²) in [6, 6.07) is 5.85. The zero-order valence-electron chi connectivity index (χ0n) is 10.8. The van der Waals surface area contributed by atoms with Gasteiger partial charge in [0.25, 0.3) is 0 Å². The number of benzene rings is 1. The summed E-state index contributed by atoms with van der Waals surface area (Å²) in [5.41, 5.74) is 1.31. The van der Waals surface area contributed by atoms with E-state index in [1.807, 2.05) is 25.1 Å². The first-order valence-electron chi connectivity index (χ1n) is 6.06. The highest BCUT2D eigenvalue weighted by atomic mass is 35.5. The fourth-order valence-electron chi connectivity index (χ4n) is 1.68. The third-order valence-corrected chi connectivity index (χ3v) is 4.44. The van der Waals surface area contributed by atoms with Crippen LogP contribution in [-0.2, 0) is 0 Å². The molecule has 0 aliphatic rings. The predicted molar refractivity (Wildman–Crippen MR) is 78.6 cm³/mol. The fourth-order valence-corrected chi connectivity index (χ4v) is 2.39. The Morgan fingerprint density at radius 1 is 1.29 bits per heavy atom. The molecule has 1 rings (SSSR count). The zero-order chi connectivity index (χ0) is 12.9. The van der Waals surface area contributed by atoms with E-state index in [0.29, 0.717) is 11.6 Å². The molecular formula is C14H21ClOS. The van der Waals surface area contributed by atoms with Crippen LogP contribution in [0.3, 0.4) is 0 Å². The van der Waals surface area contributed by atoms with E-state index in [2.05, 4.69) is 26.5 Å². The van der Waals surface area contributed by atoms with Gasteiger partial charge in [-0.15, -0.1) is 0 Å². The van der Waals surface area contributed by atoms with E-state index < -0.39 is 0 Å². The van der Waals surface area contributed by atoms with Crippen LogP contribution in [0.1, 0.15) is 32.3 Å². The standard InChI is InChI=1S/C14H21ClOS/c1-4-14(5-2,10-17)9-16-13-8-11(3)6-7-12(13)15/h6-8,17H,4-5,9-10H2,1-3H3. The van der Waals surface area contributed by atoms with Crippen LogP contribution >= 0.6 is 24.2 Å². The Bertz CT molecular complexity index is 353. The molecule has 0 fully saturated rings. The van der Waals surface area contributed by atoms with Crippen molar-refractivity contribution in [3.63, 3.8) is 0 Å². The molecule has 0 unspecified atom stereocenters. The predicted octanol–water partition coefficient (Wildman–Crippen LogP) is 4.76. The molecule has 0 amide bonds. The molecule has 3 heteroatoms. The summed E-state index contributed by atoms with van der Waals surface area (Å²) in [6.45, 7) is 7.07. The minimum absolute atomic E-state index is 0.149. The van der Waals surface area contributed by atoms with Crippen molar-refractivity contribution in [3.8, 4) is 5.75 Å². The van der Waals surface area contributed by atoms with Crippen molar-refractivity contribution in [1.82, 2.24) is 0 Å². The average molecular weight is 273 g/mol. The van der Waals surface area contributed by atoms with E-state index in [1.54, 1.807) is 0 Å². The maximum atomic E-state index is 6.11. The van der Waals surface area contributed by atoms with E-state index >= 15 is 0 Å². The minimum atomic E-state index is 0.149. The molecule has 0 heterocycles. The second-order valence-corrected chi connectivity index (χ2v) is 5.31. The van der Waals surface area contributed by atoms with Crippen LogP contribution in [-0.4, -0.2) is 12.4 Å². The monoisotopic (exact) mass is 272 g/mol. The fraction of sp³-hybridized carbons (Fsp3) is 0.571. The van der Waals surface area contributed by atoms with Gasteiger partial charge >= 0.3 is 0 Å². The number of halogens is 1. The molecule has 0 atom stereocenters. The minimum Gasteiger partial charge on any atom is -0.491 e. The highest BCUT2D eigenvalue weighted by Gasteiger charge is 2.25. The Hall–Kier alpha value is -0.340. The van der Waals surface area contributed by atoms with Gasteiger partial charge in [0.1, 0.15) is 5.75 Å². The molecule has 0 saturated carbocycles. The lowest BCUT2D eigenvalue weighted by Gasteiger charge is -2.29. The van der Waals surface area contributed by atoms with Crippen molar-refractivity contribution in [1.29, 1.82) is 0 Å². The summed E-state index contributed by atoms with van der Waals surface area (Å²) < 4.78 is 5.87. The van der Waals surface area contributed by atoms with Crippen LogP contribution in [0.5, 0.6) is 5.75 Å². The Kier molecular flexibility index (Phi) is 5.68. The summed E-state index contributed by atoms with van der Waals surface area (Å²) in [6.07, 6.45) is 2.13. The Morgan fingerprint density at radius 2 is 1.94 bits per heavy atom. The number of hydrogen-bond donors (Lipinski definition) is 1. The smallest absolute Gasteiger partial charge is 0.138 e. The third-order valence-electron chi connectivity index (χ3n) is 3.46. The van der Waals surface area contributed by atoms with Crippen LogP contribution in [0, 0.1) is 12.3 Å². The SMILES string of the molecule is CCC(CC)(CS)COc1cc(C)ccc1Cl. The van der Waals surface area contributed by atoms with E-state index in [9.17, 15) is 0 Å². The second kappa shape index (κ2) is 6.55. The van der Waals surface area contributed by atoms with E-state index in [4.69, 9.17) is 16.3 Å². The van der Waals surface area contributed by atoms with Gasteiger partial charge in [0.2, 0.25) is 0 Å². The van der Waals surface area contributed by atoms with Crippen LogP contribution in [0.4, 0.5) is 0 Å². The molecule has 96 valence electrons. The molecular weight excluding hydrogens is 252 g/mol. The normalized spacial score (nSPS) is 11.6. The van der Waals surface area contributed by atoms with E-state index in [-0.39, 0.29) is 5.41 Å². The molecule has 0 aromatic heterocycles. The molecule has 0 aliphatic heterocycles. The molecule has 1 nitrogen and oxygen atoms in total. The van der Waals surface area contributed by atoms with Crippen LogP contribution in [0.2, 0.25) is 5.02 Å². The van der Waals surface area contributed by atoms with Crippen molar-refractivity contribution >= 4 is 24.2 Å². The van der Waals surface area contributed by atoms with Crippen molar-refractivity contribution < 1.29 is 4.74 Å². The van der Waals surface area contributed by atoms with Crippen molar-refractivity contribution in [3.05, 3.63) is 28.8 Å². The molecule has 0 aliphatic carbocycles. The van der Waals surface area contributed by atoms with Gasteiger partial charge in [-0.2, -0.15) is 12.6 Å². The number of hydrogen-bond acceptors (Lipinski definition) is 2. The summed E-state index contributed by atoms with van der Waals surface area (Å²) in [5, 5.41) is 0.677. The lowest BCUT2D eigenvalue weighted by Crippen LogP contribution is -2.29. The maximum absolute atomic E-state index is 6.11. The third kappa shape index (κ3) is 3.82. The molecule has 1 aromatic rings. The lowest BCUT2D eigenvalue weighted by molar-refractivity contribution is 0.157. The summed E-state index contributed by atoms with van der Waals surface area (Å²) in [7, 11) is 0. The van der Waals surface area contributed by atoms with Gasteiger partial charge in [0.15, 0.2) is 0 Å². The zero-order valence-corrected chi connectivity index (χ0v) is 12.4. The topological polar surface area (TPSA) is 9.23 Å². The molecule has 0 spiro atoms. The van der Waals surface area contributed by atoms with Gasteiger partial charge in [-0.25, -0.2) is 0 Å². The Balaban J connectivity index is 2.75. The van der Waals surface area contributed by atoms with E-state index in [0.717, 1.165) is 29.9 Å². The highest BCUT2D eigenvalue weighted by Crippen LogP contribution is 2.31. The van der Waals surface area contributed by atoms with Gasteiger partial charge in [-0.1, -0.05) is 31.5 Å². The quantitative estimate of drug-likeness (QED) is 0.735. The molecule has 0 radical (unpaired) electrons. The first kappa shape index (κ1) is 14.7. The lowest BCUT2D eigenvalue weighted by atomic mass is 9.85. The molecule has 0 N–H and O–H groups in total. The highest BCUT2D eigenvalue weighted by molar-refractivity contribution is 7.80. The molecule has 0 saturated heterocycles. The van der Waals surface area contributed by atoms with Crippen molar-refractivity contribution in [2.24, 2.45) is 5.41 Å². The first-order valence-corrected chi connectivity index (χ1v) is 7.07. The van der Waals surface area contributed by atoms with Crippen LogP contribution in [0.15, 0.2) is 18.2 Å². The number of thiol groups is 1. The Morgan fingerprint density at radius 3 is 2.47 bits per heavy atom. The second-order valence-electron chi connectivity index (χ2n) is 4.59. The van der Waals surface area contributed by atoms with Gasteiger partial charge in [0, 0.05) is 5.41 Å². The number of ether oxygens (including phenoxy) is 1. The van der Waals surface area contributed by atoms with Crippen LogP contribution in [0.25, 0.3) is 0 Å². The van der Waals surface area contributed by atoms with Crippen molar-refractivity contribution in [2.75, 3.05) is 12.4 Å². The van der Waals surface area contributed by atoms with Gasteiger partial charge in [-0.05, 0) is 43.2 Å². The van der Waals surface area contributed by atoms with Crippen molar-refractivity contribution in [2.45, 2.75) is 33.6 Å².